The van der Waals surface area contributed by atoms with Gasteiger partial charge in [-0.25, -0.2) is 8.42 Å². The fourth-order valence-corrected chi connectivity index (χ4v) is 6.96. The topological polar surface area (TPSA) is 81.0 Å². The van der Waals surface area contributed by atoms with Crippen molar-refractivity contribution in [1.82, 2.24) is 8.87 Å². The summed E-state index contributed by atoms with van der Waals surface area (Å²) in [5.74, 6) is 0.304. The molecule has 1 aromatic heterocycles. The van der Waals surface area contributed by atoms with Crippen LogP contribution in [0.25, 0.3) is 10.2 Å². The van der Waals surface area contributed by atoms with Crippen molar-refractivity contribution in [2.45, 2.75) is 51.0 Å². The summed E-state index contributed by atoms with van der Waals surface area (Å²) in [5, 5.41) is 0. The number of thiazole rings is 1. The van der Waals surface area contributed by atoms with E-state index in [2.05, 4.69) is 41.6 Å². The van der Waals surface area contributed by atoms with Crippen LogP contribution in [0.1, 0.15) is 45.1 Å². The number of benzene rings is 2. The second kappa shape index (κ2) is 10.0. The van der Waals surface area contributed by atoms with Crippen molar-refractivity contribution in [1.29, 1.82) is 0 Å². The van der Waals surface area contributed by atoms with Gasteiger partial charge >= 0.3 is 0 Å². The molecule has 1 atom stereocenters. The molecular formula is C25H31N3O4S2. The second-order valence-electron chi connectivity index (χ2n) is 8.84. The Morgan fingerprint density at radius 2 is 1.94 bits per heavy atom. The van der Waals surface area contributed by atoms with E-state index in [9.17, 15) is 13.2 Å². The predicted octanol–water partition coefficient (Wildman–Crippen LogP) is 4.38. The Morgan fingerprint density at radius 3 is 2.59 bits per heavy atom. The van der Waals surface area contributed by atoms with Crippen molar-refractivity contribution < 1.29 is 17.9 Å². The summed E-state index contributed by atoms with van der Waals surface area (Å²) in [6.45, 7) is 7.60. The van der Waals surface area contributed by atoms with Crippen LogP contribution in [-0.4, -0.2) is 43.4 Å². The molecule has 0 radical (unpaired) electrons. The van der Waals surface area contributed by atoms with Gasteiger partial charge in [0.2, 0.25) is 10.0 Å². The highest BCUT2D eigenvalue weighted by Gasteiger charge is 2.33. The number of fused-ring (bicyclic) bond motifs is 1. The van der Waals surface area contributed by atoms with Gasteiger partial charge in [-0.05, 0) is 67.6 Å². The van der Waals surface area contributed by atoms with E-state index in [1.54, 1.807) is 12.1 Å². The maximum Gasteiger partial charge on any atom is 0.252 e. The number of piperidine rings is 1. The number of aryl methyl sites for hydroxylation is 1. The van der Waals surface area contributed by atoms with E-state index < -0.39 is 15.9 Å². The highest BCUT2D eigenvalue weighted by atomic mass is 32.2. The van der Waals surface area contributed by atoms with E-state index in [4.69, 9.17) is 4.74 Å². The molecule has 9 heteroatoms. The normalized spacial score (nSPS) is 18.0. The van der Waals surface area contributed by atoms with Gasteiger partial charge in [0.25, 0.3) is 5.91 Å². The number of amides is 1. The number of hydrogen-bond acceptors (Lipinski definition) is 5. The minimum Gasteiger partial charge on any atom is -0.497 e. The molecule has 0 aliphatic carbocycles. The number of hydrogen-bond donors (Lipinski definition) is 0. The lowest BCUT2D eigenvalue weighted by molar-refractivity contribution is -0.122. The highest BCUT2D eigenvalue weighted by Crippen LogP contribution is 2.27. The van der Waals surface area contributed by atoms with Crippen molar-refractivity contribution >= 4 is 37.5 Å². The molecule has 4 rings (SSSR count). The van der Waals surface area contributed by atoms with Crippen LogP contribution in [0.2, 0.25) is 0 Å². The predicted molar refractivity (Wildman–Crippen MR) is 135 cm³/mol. The van der Waals surface area contributed by atoms with Crippen LogP contribution in [0.15, 0.2) is 52.4 Å². The number of nitrogens with zero attached hydrogens (tertiary/aromatic N) is 3. The first-order valence-corrected chi connectivity index (χ1v) is 13.9. The maximum atomic E-state index is 13.2. The molecule has 1 aliphatic rings. The van der Waals surface area contributed by atoms with Gasteiger partial charge in [-0.3, -0.25) is 4.79 Å². The Morgan fingerprint density at radius 1 is 1.21 bits per heavy atom. The zero-order valence-electron chi connectivity index (χ0n) is 20.0. The van der Waals surface area contributed by atoms with Crippen LogP contribution < -0.4 is 9.54 Å². The quantitative estimate of drug-likeness (QED) is 0.502. The number of carbonyl (C=O) groups is 1. The molecule has 0 saturated carbocycles. The molecule has 2 aromatic carbocycles. The van der Waals surface area contributed by atoms with Crippen LogP contribution in [0.3, 0.4) is 0 Å². The first-order chi connectivity index (χ1) is 16.2. The molecule has 1 aliphatic heterocycles. The molecule has 182 valence electrons. The molecule has 1 saturated heterocycles. The average Bonchev–Trinajstić information content (AvgIpc) is 3.20. The SMILES string of the molecule is CCn1c(=NC(=O)C2CCCN(S(=O)(=O)c3ccc(OC)cc3)C2)sc2cc(C(C)C)ccc21. The lowest BCUT2D eigenvalue weighted by atomic mass is 9.99. The summed E-state index contributed by atoms with van der Waals surface area (Å²) in [5.41, 5.74) is 2.32. The first-order valence-electron chi connectivity index (χ1n) is 11.6. The molecule has 34 heavy (non-hydrogen) atoms. The van der Waals surface area contributed by atoms with Gasteiger partial charge < -0.3 is 9.30 Å². The van der Waals surface area contributed by atoms with Gasteiger partial charge in [0.1, 0.15) is 5.75 Å². The Kier molecular flexibility index (Phi) is 7.25. The highest BCUT2D eigenvalue weighted by molar-refractivity contribution is 7.89. The van der Waals surface area contributed by atoms with E-state index in [-0.39, 0.29) is 17.3 Å². The molecule has 0 spiro atoms. The average molecular weight is 502 g/mol. The fourth-order valence-electron chi connectivity index (χ4n) is 4.28. The third kappa shape index (κ3) is 4.82. The Labute approximate surface area is 204 Å². The standard InChI is InChI=1S/C25H31N3O4S2/c1-5-28-22-13-8-18(17(2)3)15-23(22)33-25(28)26-24(29)19-7-6-14-27(16-19)34(30,31)21-11-9-20(32-4)10-12-21/h8-13,15,17,19H,5-7,14,16H2,1-4H3. The van der Waals surface area contributed by atoms with E-state index in [1.165, 1.54) is 40.4 Å². The maximum absolute atomic E-state index is 13.2. The number of carbonyl (C=O) groups excluding carboxylic acids is 1. The molecule has 1 unspecified atom stereocenters. The number of ether oxygens (including phenoxy) is 1. The molecule has 3 aromatic rings. The molecule has 1 amide bonds. The summed E-state index contributed by atoms with van der Waals surface area (Å²) >= 11 is 1.51. The second-order valence-corrected chi connectivity index (χ2v) is 11.8. The number of methoxy groups -OCH3 is 1. The van der Waals surface area contributed by atoms with Crippen molar-refractivity contribution in [2.75, 3.05) is 20.2 Å². The van der Waals surface area contributed by atoms with Crippen LogP contribution in [0.5, 0.6) is 5.75 Å². The van der Waals surface area contributed by atoms with Crippen LogP contribution >= 0.6 is 11.3 Å². The summed E-state index contributed by atoms with van der Waals surface area (Å²) in [7, 11) is -2.15. The van der Waals surface area contributed by atoms with E-state index in [0.717, 1.165) is 10.2 Å². The van der Waals surface area contributed by atoms with Crippen LogP contribution in [0, 0.1) is 5.92 Å². The summed E-state index contributed by atoms with van der Waals surface area (Å²) in [4.78, 5) is 18.5. The van der Waals surface area contributed by atoms with Crippen molar-refractivity contribution in [2.24, 2.45) is 10.9 Å². The molecular weight excluding hydrogens is 470 g/mol. The van der Waals surface area contributed by atoms with Gasteiger partial charge in [0, 0.05) is 19.6 Å². The number of rotatable bonds is 6. The molecule has 2 heterocycles. The molecule has 0 bridgehead atoms. The zero-order valence-corrected chi connectivity index (χ0v) is 21.7. The Hall–Kier alpha value is -2.49. The third-order valence-corrected chi connectivity index (χ3v) is 9.25. The summed E-state index contributed by atoms with van der Waals surface area (Å²) < 4.78 is 36.0. The van der Waals surface area contributed by atoms with E-state index >= 15 is 0 Å². The Balaban J connectivity index is 1.60. The minimum absolute atomic E-state index is 0.144. The zero-order chi connectivity index (χ0) is 24.5. The summed E-state index contributed by atoms with van der Waals surface area (Å²) in [6.07, 6.45) is 1.25. The van der Waals surface area contributed by atoms with E-state index in [1.807, 2.05) is 6.92 Å². The fraction of sp³-hybridized carbons (Fsp3) is 0.440. The van der Waals surface area contributed by atoms with E-state index in [0.29, 0.717) is 42.4 Å². The molecule has 7 nitrogen and oxygen atoms in total. The molecule has 0 N–H and O–H groups in total. The number of sulfonamides is 1. The smallest absolute Gasteiger partial charge is 0.252 e. The van der Waals surface area contributed by atoms with Gasteiger partial charge in [-0.2, -0.15) is 9.30 Å². The van der Waals surface area contributed by atoms with Crippen molar-refractivity contribution in [3.63, 3.8) is 0 Å². The van der Waals surface area contributed by atoms with Gasteiger partial charge in [0.05, 0.1) is 28.1 Å². The number of aromatic nitrogens is 1. The van der Waals surface area contributed by atoms with Gasteiger partial charge in [0.15, 0.2) is 4.80 Å². The van der Waals surface area contributed by atoms with Crippen molar-refractivity contribution in [3.8, 4) is 5.75 Å². The lowest BCUT2D eigenvalue weighted by Crippen LogP contribution is -2.42. The summed E-state index contributed by atoms with van der Waals surface area (Å²) in [6, 6.07) is 12.7. The monoisotopic (exact) mass is 501 g/mol. The third-order valence-electron chi connectivity index (χ3n) is 6.33. The van der Waals surface area contributed by atoms with Crippen LogP contribution in [0.4, 0.5) is 0 Å². The first kappa shape index (κ1) is 24.6. The van der Waals surface area contributed by atoms with Gasteiger partial charge in [-0.15, -0.1) is 0 Å². The van der Waals surface area contributed by atoms with Crippen molar-refractivity contribution in [3.05, 3.63) is 52.8 Å². The minimum atomic E-state index is -3.69. The van der Waals surface area contributed by atoms with Gasteiger partial charge in [-0.1, -0.05) is 31.3 Å². The lowest BCUT2D eigenvalue weighted by Gasteiger charge is -2.30. The molecule has 1 fully saturated rings. The Bertz CT molecular complexity index is 1360. The van der Waals surface area contributed by atoms with Crippen LogP contribution in [-0.2, 0) is 21.4 Å². The largest absolute Gasteiger partial charge is 0.497 e.